The summed E-state index contributed by atoms with van der Waals surface area (Å²) >= 11 is 0. The van der Waals surface area contributed by atoms with Gasteiger partial charge in [-0.3, -0.25) is 4.68 Å². The summed E-state index contributed by atoms with van der Waals surface area (Å²) in [5.74, 6) is 0.450. The molecule has 0 aliphatic carbocycles. The molecular weight excluding hydrogens is 242 g/mol. The number of aryl methyl sites for hydroxylation is 2. The van der Waals surface area contributed by atoms with Crippen LogP contribution in [-0.4, -0.2) is 18.2 Å². The van der Waals surface area contributed by atoms with Gasteiger partial charge in [-0.05, 0) is 26.0 Å². The smallest absolute Gasteiger partial charge is 0.271 e. The summed E-state index contributed by atoms with van der Waals surface area (Å²) in [7, 11) is -3.80. The van der Waals surface area contributed by atoms with Gasteiger partial charge in [-0.25, -0.2) is 13.6 Å². The topological polar surface area (TPSA) is 91.1 Å². The van der Waals surface area contributed by atoms with E-state index in [1.807, 2.05) is 13.8 Å². The van der Waals surface area contributed by atoms with Crippen LogP contribution in [0.4, 0.5) is 0 Å². The van der Waals surface area contributed by atoms with Gasteiger partial charge in [0.05, 0.1) is 11.3 Å². The highest BCUT2D eigenvalue weighted by Gasteiger charge is 2.16. The number of nitrogens with two attached hydrogens (primary N) is 1. The Labute approximate surface area is 99.1 Å². The molecule has 0 spiro atoms. The van der Waals surface area contributed by atoms with Gasteiger partial charge in [0, 0.05) is 12.7 Å². The first-order chi connectivity index (χ1) is 7.91. The Hall–Kier alpha value is -1.60. The normalized spacial score (nSPS) is 11.9. The van der Waals surface area contributed by atoms with E-state index in [-0.39, 0.29) is 5.09 Å². The number of nitrogens with zero attached hydrogens (tertiary/aromatic N) is 2. The highest BCUT2D eigenvalue weighted by atomic mass is 32.2. The second kappa shape index (κ2) is 4.01. The highest BCUT2D eigenvalue weighted by molar-refractivity contribution is 7.89. The molecule has 0 saturated heterocycles. The van der Waals surface area contributed by atoms with Crippen LogP contribution in [-0.2, 0) is 16.6 Å². The van der Waals surface area contributed by atoms with Crippen molar-refractivity contribution in [2.45, 2.75) is 25.5 Å². The Morgan fingerprint density at radius 3 is 2.65 bits per heavy atom. The molecule has 0 aromatic carbocycles. The zero-order valence-electron chi connectivity index (χ0n) is 9.54. The van der Waals surface area contributed by atoms with Crippen LogP contribution in [0.15, 0.2) is 27.8 Å². The summed E-state index contributed by atoms with van der Waals surface area (Å²) in [4.78, 5) is 0. The third kappa shape index (κ3) is 2.25. The zero-order chi connectivity index (χ0) is 12.6. The van der Waals surface area contributed by atoms with E-state index in [0.29, 0.717) is 5.76 Å². The van der Waals surface area contributed by atoms with Crippen LogP contribution in [0.3, 0.4) is 0 Å². The largest absolute Gasteiger partial charge is 0.443 e. The quantitative estimate of drug-likeness (QED) is 0.889. The molecule has 2 aromatic rings. The van der Waals surface area contributed by atoms with Crippen molar-refractivity contribution in [1.29, 1.82) is 0 Å². The highest BCUT2D eigenvalue weighted by Crippen LogP contribution is 2.26. The third-order valence-corrected chi connectivity index (χ3v) is 3.18. The molecule has 0 aliphatic rings. The Balaban J connectivity index is 2.47. The van der Waals surface area contributed by atoms with E-state index in [0.717, 1.165) is 17.8 Å². The van der Waals surface area contributed by atoms with Crippen LogP contribution < -0.4 is 5.14 Å². The average molecular weight is 255 g/mol. The van der Waals surface area contributed by atoms with Gasteiger partial charge in [-0.2, -0.15) is 5.10 Å². The molecule has 0 aliphatic heterocycles. The maximum Gasteiger partial charge on any atom is 0.271 e. The predicted octanol–water partition coefficient (Wildman–Crippen LogP) is 1.12. The van der Waals surface area contributed by atoms with Crippen LogP contribution in [0, 0.1) is 6.92 Å². The van der Waals surface area contributed by atoms with E-state index in [1.54, 1.807) is 16.9 Å². The molecule has 0 saturated carbocycles. The SMILES string of the molecule is CCn1cc(-c2ccc(S(N)(=O)=O)o2)c(C)n1. The lowest BCUT2D eigenvalue weighted by Crippen LogP contribution is -2.10. The molecule has 0 fully saturated rings. The molecule has 17 heavy (non-hydrogen) atoms. The summed E-state index contributed by atoms with van der Waals surface area (Å²) in [6.07, 6.45) is 1.81. The van der Waals surface area contributed by atoms with Gasteiger partial charge in [0.25, 0.3) is 10.0 Å². The van der Waals surface area contributed by atoms with Crippen molar-refractivity contribution in [3.8, 4) is 11.3 Å². The summed E-state index contributed by atoms with van der Waals surface area (Å²) in [6, 6.07) is 2.91. The number of sulfonamides is 1. The van der Waals surface area contributed by atoms with Crippen molar-refractivity contribution in [3.05, 3.63) is 24.0 Å². The first-order valence-electron chi connectivity index (χ1n) is 5.09. The van der Waals surface area contributed by atoms with Gasteiger partial charge in [-0.15, -0.1) is 0 Å². The number of furan rings is 1. The van der Waals surface area contributed by atoms with E-state index in [2.05, 4.69) is 5.10 Å². The first-order valence-corrected chi connectivity index (χ1v) is 6.63. The minimum atomic E-state index is -3.80. The molecule has 92 valence electrons. The Morgan fingerprint density at radius 2 is 2.18 bits per heavy atom. The van der Waals surface area contributed by atoms with Crippen molar-refractivity contribution < 1.29 is 12.8 Å². The van der Waals surface area contributed by atoms with Gasteiger partial charge >= 0.3 is 0 Å². The molecule has 2 heterocycles. The van der Waals surface area contributed by atoms with E-state index in [4.69, 9.17) is 9.56 Å². The van der Waals surface area contributed by atoms with Gasteiger partial charge in [0.2, 0.25) is 5.09 Å². The lowest BCUT2D eigenvalue weighted by Gasteiger charge is -1.93. The number of hydrogen-bond acceptors (Lipinski definition) is 4. The Kier molecular flexibility index (Phi) is 2.80. The summed E-state index contributed by atoms with van der Waals surface area (Å²) in [5, 5.41) is 8.99. The third-order valence-electron chi connectivity index (χ3n) is 2.40. The maximum atomic E-state index is 11.1. The Bertz CT molecular complexity index is 640. The van der Waals surface area contributed by atoms with Gasteiger partial charge in [0.1, 0.15) is 5.76 Å². The van der Waals surface area contributed by atoms with Gasteiger partial charge < -0.3 is 4.42 Å². The fourth-order valence-electron chi connectivity index (χ4n) is 1.54. The zero-order valence-corrected chi connectivity index (χ0v) is 10.4. The molecule has 7 heteroatoms. The van der Waals surface area contributed by atoms with Gasteiger partial charge in [-0.1, -0.05) is 0 Å². The number of primary sulfonamides is 1. The molecule has 6 nitrogen and oxygen atoms in total. The molecule has 2 N–H and O–H groups in total. The number of hydrogen-bond donors (Lipinski definition) is 1. The Morgan fingerprint density at radius 1 is 1.47 bits per heavy atom. The first kappa shape index (κ1) is 11.9. The van der Waals surface area contributed by atoms with E-state index in [1.165, 1.54) is 6.07 Å². The van der Waals surface area contributed by atoms with Crippen molar-refractivity contribution in [3.63, 3.8) is 0 Å². The van der Waals surface area contributed by atoms with Crippen LogP contribution in [0.2, 0.25) is 0 Å². The molecule has 2 aromatic heterocycles. The maximum absolute atomic E-state index is 11.1. The number of aromatic nitrogens is 2. The molecule has 0 atom stereocenters. The lowest BCUT2D eigenvalue weighted by atomic mass is 10.2. The van der Waals surface area contributed by atoms with Crippen LogP contribution in [0.5, 0.6) is 0 Å². The fraction of sp³-hybridized carbons (Fsp3) is 0.300. The molecular formula is C10H13N3O3S. The van der Waals surface area contributed by atoms with Crippen molar-refractivity contribution in [2.75, 3.05) is 0 Å². The average Bonchev–Trinajstić information content (AvgIpc) is 2.82. The predicted molar refractivity (Wildman–Crippen MR) is 61.7 cm³/mol. The van der Waals surface area contributed by atoms with Crippen LogP contribution in [0.1, 0.15) is 12.6 Å². The van der Waals surface area contributed by atoms with Crippen molar-refractivity contribution >= 4 is 10.0 Å². The number of rotatable bonds is 3. The van der Waals surface area contributed by atoms with E-state index >= 15 is 0 Å². The lowest BCUT2D eigenvalue weighted by molar-refractivity contribution is 0.461. The summed E-state index contributed by atoms with van der Waals surface area (Å²) in [6.45, 7) is 4.54. The van der Waals surface area contributed by atoms with Crippen molar-refractivity contribution in [2.24, 2.45) is 5.14 Å². The second-order valence-corrected chi connectivity index (χ2v) is 5.14. The van der Waals surface area contributed by atoms with Crippen molar-refractivity contribution in [1.82, 2.24) is 9.78 Å². The molecule has 0 amide bonds. The van der Waals surface area contributed by atoms with Gasteiger partial charge in [0.15, 0.2) is 0 Å². The summed E-state index contributed by atoms with van der Waals surface area (Å²) in [5.41, 5.74) is 1.55. The molecule has 0 radical (unpaired) electrons. The second-order valence-electron chi connectivity index (χ2n) is 3.65. The minimum Gasteiger partial charge on any atom is -0.443 e. The fourth-order valence-corrected chi connectivity index (χ4v) is 2.00. The van der Waals surface area contributed by atoms with E-state index < -0.39 is 10.0 Å². The summed E-state index contributed by atoms with van der Waals surface area (Å²) < 4.78 is 29.1. The monoisotopic (exact) mass is 255 g/mol. The minimum absolute atomic E-state index is 0.240. The molecule has 2 rings (SSSR count). The molecule has 0 bridgehead atoms. The van der Waals surface area contributed by atoms with Crippen LogP contribution >= 0.6 is 0 Å². The van der Waals surface area contributed by atoms with E-state index in [9.17, 15) is 8.42 Å². The van der Waals surface area contributed by atoms with Crippen LogP contribution in [0.25, 0.3) is 11.3 Å². The standard InChI is InChI=1S/C10H13N3O3S/c1-3-13-6-8(7(2)12-13)9-4-5-10(16-9)17(11,14)15/h4-6H,3H2,1-2H3,(H2,11,14,15). The molecule has 0 unspecified atom stereocenters.